The lowest BCUT2D eigenvalue weighted by atomic mass is 9.87. The van der Waals surface area contributed by atoms with E-state index in [1.807, 2.05) is 22.8 Å². The smallest absolute Gasteiger partial charge is 0.228 e. The van der Waals surface area contributed by atoms with E-state index in [9.17, 15) is 5.11 Å². The van der Waals surface area contributed by atoms with Crippen LogP contribution in [0.25, 0.3) is 0 Å². The second-order valence-electron chi connectivity index (χ2n) is 7.16. The number of aryl methyl sites for hydroxylation is 1. The molecular weight excluding hydrogens is 368 g/mol. The highest BCUT2D eigenvalue weighted by molar-refractivity contribution is 5.55. The fourth-order valence-electron chi connectivity index (χ4n) is 3.88. The largest absolute Gasteiger partial charge is 0.508 e. The number of ether oxygens (including phenoxy) is 1. The molecule has 2 aromatic heterocycles. The van der Waals surface area contributed by atoms with Crippen LogP contribution in [-0.2, 0) is 6.54 Å². The maximum absolute atomic E-state index is 9.87. The van der Waals surface area contributed by atoms with Gasteiger partial charge in [-0.15, -0.1) is 0 Å². The molecule has 0 saturated carbocycles. The van der Waals surface area contributed by atoms with Crippen molar-refractivity contribution in [2.75, 3.05) is 19.6 Å². The van der Waals surface area contributed by atoms with E-state index in [-0.39, 0.29) is 11.7 Å². The average Bonchev–Trinajstić information content (AvgIpc) is 3.25. The van der Waals surface area contributed by atoms with Gasteiger partial charge in [-0.3, -0.25) is 5.41 Å². The number of nitrogens with zero attached hydrogens (tertiary/aromatic N) is 3. The van der Waals surface area contributed by atoms with Crippen LogP contribution < -0.4 is 10.2 Å². The number of hydrogen-bond donors (Lipinski definition) is 2. The lowest BCUT2D eigenvalue weighted by Crippen LogP contribution is -2.31. The Morgan fingerprint density at radius 2 is 2.07 bits per heavy atom. The zero-order chi connectivity index (χ0) is 20.4. The monoisotopic (exact) mass is 394 g/mol. The van der Waals surface area contributed by atoms with Gasteiger partial charge in [0, 0.05) is 18.2 Å². The van der Waals surface area contributed by atoms with Gasteiger partial charge in [-0.25, -0.2) is 4.98 Å². The summed E-state index contributed by atoms with van der Waals surface area (Å²) in [6.07, 6.45) is 4.23. The molecule has 0 unspecified atom stereocenters. The highest BCUT2D eigenvalue weighted by Gasteiger charge is 2.33. The number of nitrogens with one attached hydrogen (secondary N) is 1. The number of phenols is 1. The highest BCUT2D eigenvalue weighted by atomic mass is 16.5. The van der Waals surface area contributed by atoms with Gasteiger partial charge in [0.2, 0.25) is 5.88 Å². The molecule has 29 heavy (non-hydrogen) atoms. The second kappa shape index (κ2) is 8.13. The van der Waals surface area contributed by atoms with Gasteiger partial charge in [0.25, 0.3) is 0 Å². The van der Waals surface area contributed by atoms with Crippen LogP contribution in [0.2, 0.25) is 0 Å². The Kier molecular flexibility index (Phi) is 5.40. The van der Waals surface area contributed by atoms with E-state index >= 15 is 0 Å². The molecule has 7 nitrogen and oxygen atoms in total. The average molecular weight is 394 g/mol. The van der Waals surface area contributed by atoms with Crippen LogP contribution in [0, 0.1) is 5.41 Å². The Hall–Kier alpha value is -3.06. The van der Waals surface area contributed by atoms with Crippen molar-refractivity contribution in [2.24, 2.45) is 0 Å². The fraction of sp³-hybridized carbons (Fsp3) is 0.364. The quantitative estimate of drug-likeness (QED) is 0.499. The molecule has 1 aliphatic heterocycles. The molecule has 0 fully saturated rings. The Morgan fingerprint density at radius 3 is 2.79 bits per heavy atom. The number of aromatic nitrogens is 2. The van der Waals surface area contributed by atoms with Gasteiger partial charge < -0.3 is 23.7 Å². The Labute approximate surface area is 169 Å². The van der Waals surface area contributed by atoms with Crippen molar-refractivity contribution in [3.8, 4) is 17.4 Å². The van der Waals surface area contributed by atoms with Crippen LogP contribution in [0.3, 0.4) is 0 Å². The number of aromatic hydroxyl groups is 1. The molecule has 0 amide bonds. The summed E-state index contributed by atoms with van der Waals surface area (Å²) in [5.41, 5.74) is 1.90. The molecule has 0 radical (unpaired) electrons. The van der Waals surface area contributed by atoms with Crippen LogP contribution in [0.4, 0.5) is 0 Å². The summed E-state index contributed by atoms with van der Waals surface area (Å²) in [5.74, 6) is 1.45. The van der Waals surface area contributed by atoms with Crippen LogP contribution in [0.5, 0.6) is 17.4 Å². The molecule has 0 spiro atoms. The van der Waals surface area contributed by atoms with Gasteiger partial charge in [-0.2, -0.15) is 0 Å². The minimum Gasteiger partial charge on any atom is -0.508 e. The zero-order valence-corrected chi connectivity index (χ0v) is 16.8. The predicted octanol–water partition coefficient (Wildman–Crippen LogP) is 3.68. The van der Waals surface area contributed by atoms with E-state index in [2.05, 4.69) is 23.7 Å². The molecule has 1 atom stereocenters. The molecule has 4 rings (SSSR count). The molecular formula is C22H26N4O3. The van der Waals surface area contributed by atoms with E-state index in [1.165, 1.54) is 0 Å². The van der Waals surface area contributed by atoms with Gasteiger partial charge in [0.15, 0.2) is 0 Å². The predicted molar refractivity (Wildman–Crippen MR) is 108 cm³/mol. The van der Waals surface area contributed by atoms with Crippen molar-refractivity contribution < 1.29 is 14.3 Å². The van der Waals surface area contributed by atoms with Crippen LogP contribution in [0.1, 0.15) is 43.1 Å². The van der Waals surface area contributed by atoms with Crippen LogP contribution in [0.15, 0.2) is 47.3 Å². The summed E-state index contributed by atoms with van der Waals surface area (Å²) in [4.78, 5) is 6.86. The number of fused-ring (bicyclic) bond motifs is 2. The minimum atomic E-state index is -0.306. The molecule has 2 N–H and O–H groups in total. The zero-order valence-electron chi connectivity index (χ0n) is 16.8. The number of phenolic OH excluding ortho intramolecular Hbond substituents is 1. The summed E-state index contributed by atoms with van der Waals surface area (Å²) in [5, 5.41) is 18.7. The van der Waals surface area contributed by atoms with E-state index in [1.54, 1.807) is 24.7 Å². The number of hydrogen-bond acceptors (Lipinski definition) is 6. The summed E-state index contributed by atoms with van der Waals surface area (Å²) in [7, 11) is 0. The Bertz CT molecular complexity index is 1040. The number of furan rings is 1. The maximum Gasteiger partial charge on any atom is 0.228 e. The molecule has 1 aliphatic rings. The standard InChI is InChI=1S/C22H26N4O3/c1-3-25(4-2)10-6-11-26-14-24-22-20(21(26)23)19(17-7-5-12-28-17)16-9-8-15(27)13-18(16)29-22/h5,7-9,12-14,19,23,27H,3-4,6,10-11H2,1-2H3/t19-/m1/s1. The summed E-state index contributed by atoms with van der Waals surface area (Å²) in [6, 6.07) is 8.75. The Balaban J connectivity index is 1.72. The van der Waals surface area contributed by atoms with Crippen LogP contribution >= 0.6 is 0 Å². The third-order valence-corrected chi connectivity index (χ3v) is 5.49. The van der Waals surface area contributed by atoms with Crippen molar-refractivity contribution in [1.29, 1.82) is 5.41 Å². The van der Waals surface area contributed by atoms with Crippen LogP contribution in [-0.4, -0.2) is 39.2 Å². The first kappa shape index (κ1) is 19.3. The first-order valence-electron chi connectivity index (χ1n) is 10.0. The summed E-state index contributed by atoms with van der Waals surface area (Å²) in [6.45, 7) is 8.06. The van der Waals surface area contributed by atoms with Crippen molar-refractivity contribution in [3.05, 3.63) is 65.3 Å². The lowest BCUT2D eigenvalue weighted by Gasteiger charge is -2.27. The maximum atomic E-state index is 9.87. The molecule has 3 heterocycles. The van der Waals surface area contributed by atoms with Gasteiger partial charge in [-0.05, 0) is 44.3 Å². The summed E-state index contributed by atoms with van der Waals surface area (Å²) < 4.78 is 13.5. The van der Waals surface area contributed by atoms with Crippen molar-refractivity contribution >= 4 is 0 Å². The second-order valence-corrected chi connectivity index (χ2v) is 7.16. The van der Waals surface area contributed by atoms with Crippen molar-refractivity contribution in [1.82, 2.24) is 14.5 Å². The van der Waals surface area contributed by atoms with E-state index < -0.39 is 0 Å². The third kappa shape index (κ3) is 3.65. The summed E-state index contributed by atoms with van der Waals surface area (Å²) >= 11 is 0. The van der Waals surface area contributed by atoms with E-state index in [0.717, 1.165) is 37.4 Å². The molecule has 0 bridgehead atoms. The SMILES string of the molecule is CCN(CC)CCCn1cnc2c(c1=N)[C@@H](c1ccco1)c1ccc(O)cc1O2. The molecule has 0 saturated heterocycles. The van der Waals surface area contributed by atoms with Crippen molar-refractivity contribution in [3.63, 3.8) is 0 Å². The van der Waals surface area contributed by atoms with Gasteiger partial charge >= 0.3 is 0 Å². The number of rotatable bonds is 7. The normalized spacial score (nSPS) is 15.1. The first-order chi connectivity index (χ1) is 14.1. The molecule has 1 aromatic carbocycles. The molecule has 7 heteroatoms. The third-order valence-electron chi connectivity index (χ3n) is 5.49. The molecule has 3 aromatic rings. The fourth-order valence-corrected chi connectivity index (χ4v) is 3.88. The molecule has 0 aliphatic carbocycles. The van der Waals surface area contributed by atoms with E-state index in [4.69, 9.17) is 14.6 Å². The molecule has 152 valence electrons. The number of benzene rings is 1. The van der Waals surface area contributed by atoms with E-state index in [0.29, 0.717) is 29.2 Å². The van der Waals surface area contributed by atoms with Gasteiger partial charge in [-0.1, -0.05) is 19.9 Å². The first-order valence-corrected chi connectivity index (χ1v) is 10.0. The van der Waals surface area contributed by atoms with Gasteiger partial charge in [0.1, 0.15) is 29.1 Å². The minimum absolute atomic E-state index is 0.124. The highest BCUT2D eigenvalue weighted by Crippen LogP contribution is 2.45. The topological polar surface area (TPSA) is 87.5 Å². The Morgan fingerprint density at radius 1 is 1.24 bits per heavy atom. The lowest BCUT2D eigenvalue weighted by molar-refractivity contribution is 0.291. The van der Waals surface area contributed by atoms with Gasteiger partial charge in [0.05, 0.1) is 17.7 Å². The van der Waals surface area contributed by atoms with Crippen molar-refractivity contribution in [2.45, 2.75) is 32.7 Å².